The molecule has 0 bridgehead atoms. The highest BCUT2D eigenvalue weighted by Crippen LogP contribution is 2.47. The number of furan rings is 1. The number of benzene rings is 11. The summed E-state index contributed by atoms with van der Waals surface area (Å²) >= 11 is 0. The zero-order valence-electron chi connectivity index (χ0n) is 31.6. The molecule has 2 nitrogen and oxygen atoms in total. The van der Waals surface area contributed by atoms with Crippen LogP contribution in [0.3, 0.4) is 0 Å². The normalized spacial score (nSPS) is 11.8. The maximum absolute atomic E-state index is 6.81. The first kappa shape index (κ1) is 32.6. The highest BCUT2D eigenvalue weighted by molar-refractivity contribution is 6.16. The number of rotatable bonds is 5. The molecule has 12 aromatic rings. The SMILES string of the molecule is c1ccc(N(c2ccc(-c3ccc4c(ccc5ccccc54)c3)cc2)c2cccc3c2ccc2ccccc23)c(-c2cccc3c2oc2cc4ccccc4cc23)c1. The predicted molar refractivity (Wildman–Crippen MR) is 247 cm³/mol. The van der Waals surface area contributed by atoms with Gasteiger partial charge in [-0.05, 0) is 102 Å². The minimum atomic E-state index is 0.892. The van der Waals surface area contributed by atoms with E-state index in [-0.39, 0.29) is 0 Å². The maximum Gasteiger partial charge on any atom is 0.143 e. The van der Waals surface area contributed by atoms with Crippen LogP contribution < -0.4 is 4.90 Å². The second kappa shape index (κ2) is 12.9. The average molecular weight is 738 g/mol. The molecule has 0 spiro atoms. The van der Waals surface area contributed by atoms with Crippen molar-refractivity contribution in [1.29, 1.82) is 0 Å². The molecule has 0 saturated heterocycles. The highest BCUT2D eigenvalue weighted by atomic mass is 16.3. The van der Waals surface area contributed by atoms with E-state index < -0.39 is 0 Å². The topological polar surface area (TPSA) is 16.4 Å². The van der Waals surface area contributed by atoms with Crippen LogP contribution in [0.25, 0.3) is 98.1 Å². The van der Waals surface area contributed by atoms with Gasteiger partial charge in [-0.2, -0.15) is 0 Å². The van der Waals surface area contributed by atoms with Gasteiger partial charge in [0.05, 0.1) is 11.4 Å². The van der Waals surface area contributed by atoms with E-state index in [2.05, 4.69) is 217 Å². The zero-order chi connectivity index (χ0) is 38.2. The summed E-state index contributed by atoms with van der Waals surface area (Å²) in [6.07, 6.45) is 0. The van der Waals surface area contributed by atoms with Crippen molar-refractivity contribution in [3.63, 3.8) is 0 Å². The zero-order valence-corrected chi connectivity index (χ0v) is 31.6. The van der Waals surface area contributed by atoms with Crippen molar-refractivity contribution in [2.75, 3.05) is 4.90 Å². The Hall–Kier alpha value is -7.68. The summed E-state index contributed by atoms with van der Waals surface area (Å²) in [6.45, 7) is 0. The van der Waals surface area contributed by atoms with Gasteiger partial charge in [0.1, 0.15) is 11.2 Å². The van der Waals surface area contributed by atoms with E-state index in [1.54, 1.807) is 0 Å². The number of para-hydroxylation sites is 2. The van der Waals surface area contributed by atoms with Crippen molar-refractivity contribution >= 4 is 92.9 Å². The van der Waals surface area contributed by atoms with Gasteiger partial charge in [-0.3, -0.25) is 0 Å². The lowest BCUT2D eigenvalue weighted by atomic mass is 9.96. The van der Waals surface area contributed by atoms with Crippen LogP contribution in [-0.2, 0) is 0 Å². The van der Waals surface area contributed by atoms with Crippen LogP contribution >= 0.6 is 0 Å². The van der Waals surface area contributed by atoms with Crippen molar-refractivity contribution < 1.29 is 4.42 Å². The van der Waals surface area contributed by atoms with Crippen molar-refractivity contribution in [3.8, 4) is 22.3 Å². The number of hydrogen-bond acceptors (Lipinski definition) is 2. The first-order valence-corrected chi connectivity index (χ1v) is 19.9. The third kappa shape index (κ3) is 5.12. The molecule has 0 aliphatic heterocycles. The molecule has 58 heavy (non-hydrogen) atoms. The summed E-state index contributed by atoms with van der Waals surface area (Å²) < 4.78 is 6.81. The molecule has 11 aromatic carbocycles. The van der Waals surface area contributed by atoms with Gasteiger partial charge in [-0.1, -0.05) is 170 Å². The number of nitrogens with zero attached hydrogens (tertiary/aromatic N) is 1. The van der Waals surface area contributed by atoms with Gasteiger partial charge in [0.25, 0.3) is 0 Å². The lowest BCUT2D eigenvalue weighted by molar-refractivity contribution is 0.670. The lowest BCUT2D eigenvalue weighted by Crippen LogP contribution is -2.11. The summed E-state index contributed by atoms with van der Waals surface area (Å²) in [5.41, 5.74) is 9.59. The number of fused-ring (bicyclic) bond motifs is 10. The Balaban J connectivity index is 1.05. The summed E-state index contributed by atoms with van der Waals surface area (Å²) in [5.74, 6) is 0. The number of hydrogen-bond donors (Lipinski definition) is 0. The fourth-order valence-corrected chi connectivity index (χ4v) is 9.21. The molecule has 0 aliphatic carbocycles. The van der Waals surface area contributed by atoms with E-state index in [9.17, 15) is 0 Å². The molecule has 0 unspecified atom stereocenters. The van der Waals surface area contributed by atoms with Crippen LogP contribution in [0.15, 0.2) is 217 Å². The third-order valence-electron chi connectivity index (χ3n) is 12.0. The van der Waals surface area contributed by atoms with E-state index in [4.69, 9.17) is 4.42 Å². The molecular formula is C56H35NO. The molecule has 1 heterocycles. The monoisotopic (exact) mass is 737 g/mol. The second-order valence-electron chi connectivity index (χ2n) is 15.3. The molecule has 0 aliphatic rings. The molecule has 0 N–H and O–H groups in total. The molecule has 0 amide bonds. The van der Waals surface area contributed by atoms with Crippen LogP contribution in [0, 0.1) is 0 Å². The quantitative estimate of drug-likeness (QED) is 0.164. The molecule has 0 radical (unpaired) electrons. The van der Waals surface area contributed by atoms with Gasteiger partial charge < -0.3 is 9.32 Å². The molecule has 270 valence electrons. The Kier molecular flexibility index (Phi) is 7.26. The lowest BCUT2D eigenvalue weighted by Gasteiger charge is -2.29. The van der Waals surface area contributed by atoms with Crippen molar-refractivity contribution in [2.45, 2.75) is 0 Å². The molecule has 0 saturated carbocycles. The largest absolute Gasteiger partial charge is 0.455 e. The molecular weight excluding hydrogens is 703 g/mol. The Morgan fingerprint density at radius 1 is 0.293 bits per heavy atom. The summed E-state index contributed by atoms with van der Waals surface area (Å²) in [6, 6.07) is 77.1. The van der Waals surface area contributed by atoms with Gasteiger partial charge >= 0.3 is 0 Å². The highest BCUT2D eigenvalue weighted by Gasteiger charge is 2.22. The Morgan fingerprint density at radius 3 is 1.67 bits per heavy atom. The van der Waals surface area contributed by atoms with E-state index in [1.165, 1.54) is 65.0 Å². The average Bonchev–Trinajstić information content (AvgIpc) is 3.66. The van der Waals surface area contributed by atoms with Gasteiger partial charge in [0.2, 0.25) is 0 Å². The Morgan fingerprint density at radius 2 is 0.845 bits per heavy atom. The van der Waals surface area contributed by atoms with Crippen molar-refractivity contribution in [1.82, 2.24) is 0 Å². The van der Waals surface area contributed by atoms with Crippen LogP contribution in [0.4, 0.5) is 17.1 Å². The van der Waals surface area contributed by atoms with Gasteiger partial charge in [-0.15, -0.1) is 0 Å². The number of anilines is 3. The van der Waals surface area contributed by atoms with E-state index in [0.29, 0.717) is 0 Å². The molecule has 0 atom stereocenters. The van der Waals surface area contributed by atoms with Gasteiger partial charge in [0, 0.05) is 33.0 Å². The van der Waals surface area contributed by atoms with E-state index >= 15 is 0 Å². The fraction of sp³-hybridized carbons (Fsp3) is 0. The van der Waals surface area contributed by atoms with Crippen LogP contribution in [-0.4, -0.2) is 0 Å². The van der Waals surface area contributed by atoms with Crippen LogP contribution in [0.1, 0.15) is 0 Å². The van der Waals surface area contributed by atoms with Crippen molar-refractivity contribution in [2.24, 2.45) is 0 Å². The van der Waals surface area contributed by atoms with Gasteiger partial charge in [-0.25, -0.2) is 0 Å². The molecule has 0 fully saturated rings. The third-order valence-corrected chi connectivity index (χ3v) is 12.0. The minimum absolute atomic E-state index is 0.892. The fourth-order valence-electron chi connectivity index (χ4n) is 9.21. The summed E-state index contributed by atoms with van der Waals surface area (Å²) in [4.78, 5) is 2.43. The molecule has 12 rings (SSSR count). The van der Waals surface area contributed by atoms with Crippen LogP contribution in [0.2, 0.25) is 0 Å². The second-order valence-corrected chi connectivity index (χ2v) is 15.3. The maximum atomic E-state index is 6.81. The van der Waals surface area contributed by atoms with Gasteiger partial charge in [0.15, 0.2) is 0 Å². The standard InChI is InChI=1S/C56H35NO/c1-2-14-40-35-55-52(34-39(40)13-1)51-20-9-19-50(56(51)58-55)48-17-7-8-21-53(48)57(54-22-10-18-47-45-16-6-4-12-38(45)27-32-49(47)54)43-29-25-36(26-30-43)41-28-31-46-42(33-41)24-23-37-11-3-5-15-44(37)46/h1-35H. The summed E-state index contributed by atoms with van der Waals surface area (Å²) in [7, 11) is 0. The smallest absolute Gasteiger partial charge is 0.143 e. The Bertz CT molecular complexity index is 3580. The van der Waals surface area contributed by atoms with E-state index in [1.807, 2.05) is 0 Å². The van der Waals surface area contributed by atoms with E-state index in [0.717, 1.165) is 50.1 Å². The van der Waals surface area contributed by atoms with Crippen molar-refractivity contribution in [3.05, 3.63) is 212 Å². The first-order chi connectivity index (χ1) is 28.7. The Labute approximate surface area is 335 Å². The molecule has 1 aromatic heterocycles. The molecule has 2 heteroatoms. The minimum Gasteiger partial charge on any atom is -0.455 e. The summed E-state index contributed by atoms with van der Waals surface area (Å²) in [5, 5.41) is 14.6. The first-order valence-electron chi connectivity index (χ1n) is 19.9. The predicted octanol–water partition coefficient (Wildman–Crippen LogP) is 16.2. The van der Waals surface area contributed by atoms with Crippen LogP contribution in [0.5, 0.6) is 0 Å².